The molecule has 202 valence electrons. The van der Waals surface area contributed by atoms with Crippen LogP contribution in [0.25, 0.3) is 0 Å². The second kappa shape index (κ2) is 13.2. The molecule has 37 heavy (non-hydrogen) atoms. The number of thioether (sulfide) groups is 1. The van der Waals surface area contributed by atoms with Crippen LogP contribution in [-0.2, 0) is 16.4 Å². The first-order valence-electron chi connectivity index (χ1n) is 11.8. The van der Waals surface area contributed by atoms with Crippen molar-refractivity contribution in [3.05, 3.63) is 54.1 Å². The predicted molar refractivity (Wildman–Crippen MR) is 145 cm³/mol. The first kappa shape index (κ1) is 29.5. The van der Waals surface area contributed by atoms with Crippen LogP contribution in [0.2, 0.25) is 0 Å². The topological polar surface area (TPSA) is 124 Å². The fraction of sp³-hybridized carbons (Fsp3) is 0.480. The smallest absolute Gasteiger partial charge is 0.253 e. The largest absolute Gasteiger partial charge is 0.497 e. The third kappa shape index (κ3) is 8.75. The summed E-state index contributed by atoms with van der Waals surface area (Å²) in [5.74, 6) is 1.83. The maximum Gasteiger partial charge on any atom is 0.253 e. The molecule has 2 aromatic carbocycles. The molecule has 1 heterocycles. The summed E-state index contributed by atoms with van der Waals surface area (Å²) in [5, 5.41) is 23.8. The van der Waals surface area contributed by atoms with Gasteiger partial charge in [-0.25, -0.2) is 13.4 Å². The lowest BCUT2D eigenvalue weighted by atomic mass is 9.94. The molecule has 1 fully saturated rings. The van der Waals surface area contributed by atoms with E-state index in [0.29, 0.717) is 24.6 Å². The van der Waals surface area contributed by atoms with E-state index in [2.05, 4.69) is 30.1 Å². The summed E-state index contributed by atoms with van der Waals surface area (Å²) >= 11 is 7.64. The molecule has 1 aliphatic rings. The number of sulfonamides is 1. The van der Waals surface area contributed by atoms with E-state index in [1.165, 1.54) is 41.0 Å². The van der Waals surface area contributed by atoms with Crippen LogP contribution in [0.4, 0.5) is 0 Å². The molecule has 0 bridgehead atoms. The van der Waals surface area contributed by atoms with Crippen molar-refractivity contribution < 1.29 is 23.0 Å². The molecule has 3 rings (SSSR count). The van der Waals surface area contributed by atoms with Gasteiger partial charge in [0.15, 0.2) is 0 Å². The van der Waals surface area contributed by atoms with Gasteiger partial charge >= 0.3 is 0 Å². The molecule has 0 amide bonds. The van der Waals surface area contributed by atoms with Crippen molar-refractivity contribution in [2.75, 3.05) is 32.6 Å². The Morgan fingerprint density at radius 1 is 1.22 bits per heavy atom. The highest BCUT2D eigenvalue weighted by Gasteiger charge is 2.33. The summed E-state index contributed by atoms with van der Waals surface area (Å²) in [6.07, 6.45) is 0.0119. The van der Waals surface area contributed by atoms with E-state index in [1.807, 2.05) is 24.3 Å². The fourth-order valence-corrected chi connectivity index (χ4v) is 6.25. The number of ether oxygens (including phenoxy) is 2. The van der Waals surface area contributed by atoms with Gasteiger partial charge in [0.1, 0.15) is 35.0 Å². The number of β-amino-alcohol motifs (C(OH)–C–C–N with tert-alkyl or cyclic N) is 1. The molecule has 2 aromatic rings. The molecule has 0 spiro atoms. The molecule has 1 aliphatic heterocycles. The van der Waals surface area contributed by atoms with Crippen LogP contribution in [-0.4, -0.2) is 73.5 Å². The van der Waals surface area contributed by atoms with E-state index in [9.17, 15) is 13.5 Å². The summed E-state index contributed by atoms with van der Waals surface area (Å²) in [4.78, 5) is 2.50. The number of hydrazine groups is 1. The molecule has 3 N–H and O–H groups in total. The zero-order valence-electron chi connectivity index (χ0n) is 21.1. The number of aliphatic hydroxyl groups excluding tert-OH is 1. The van der Waals surface area contributed by atoms with Crippen LogP contribution < -0.4 is 19.6 Å². The minimum absolute atomic E-state index is 0.0398. The standard InChI is InChI=1S/C25H33ClN4O5S2/c1-25(2,14-18-4-6-20(34-3)7-5-18)28-16-19(31)17-35-21-8-10-22(11-9-21)37(32,33)29-30-12-13-36-23(15-27)24(30)26/h4-11,19,23-24,28-29,31H,12-14,16-17H2,1-3H3/t19-,23?,24?/m1/s1. The van der Waals surface area contributed by atoms with Crippen molar-refractivity contribution in [3.8, 4) is 17.6 Å². The Labute approximate surface area is 228 Å². The molecule has 0 aromatic heterocycles. The Bertz CT molecular complexity index is 1160. The first-order chi connectivity index (χ1) is 17.5. The summed E-state index contributed by atoms with van der Waals surface area (Å²) < 4.78 is 36.4. The van der Waals surface area contributed by atoms with Crippen molar-refractivity contribution in [3.63, 3.8) is 0 Å². The van der Waals surface area contributed by atoms with Crippen LogP contribution >= 0.6 is 23.4 Å². The Balaban J connectivity index is 1.46. The molecular weight excluding hydrogens is 536 g/mol. The van der Waals surface area contributed by atoms with Gasteiger partial charge in [-0.1, -0.05) is 12.1 Å². The van der Waals surface area contributed by atoms with E-state index in [4.69, 9.17) is 26.3 Å². The molecule has 0 radical (unpaired) electrons. The Morgan fingerprint density at radius 2 is 1.86 bits per heavy atom. The van der Waals surface area contributed by atoms with Crippen molar-refractivity contribution in [2.24, 2.45) is 0 Å². The highest BCUT2D eigenvalue weighted by Crippen LogP contribution is 2.27. The molecule has 9 nitrogen and oxygen atoms in total. The van der Waals surface area contributed by atoms with E-state index in [1.54, 1.807) is 7.11 Å². The number of methoxy groups -OCH3 is 1. The Kier molecular flexibility index (Phi) is 10.5. The minimum atomic E-state index is -3.88. The van der Waals surface area contributed by atoms with Crippen molar-refractivity contribution in [2.45, 2.75) is 47.6 Å². The van der Waals surface area contributed by atoms with Crippen LogP contribution in [0.15, 0.2) is 53.4 Å². The second-order valence-electron chi connectivity index (χ2n) is 9.31. The number of nitrogens with one attached hydrogen (secondary N) is 2. The molecular formula is C25H33ClN4O5S2. The number of hydrogen-bond donors (Lipinski definition) is 3. The van der Waals surface area contributed by atoms with Crippen molar-refractivity contribution in [1.29, 1.82) is 5.26 Å². The van der Waals surface area contributed by atoms with Gasteiger partial charge in [0, 0.05) is 24.4 Å². The molecule has 12 heteroatoms. The van der Waals surface area contributed by atoms with Gasteiger partial charge < -0.3 is 19.9 Å². The summed E-state index contributed by atoms with van der Waals surface area (Å²) in [5.41, 5.74) is 0.137. The van der Waals surface area contributed by atoms with Gasteiger partial charge in [0.05, 0.1) is 18.1 Å². The van der Waals surface area contributed by atoms with Crippen LogP contribution in [0.5, 0.6) is 11.5 Å². The predicted octanol–water partition coefficient (Wildman–Crippen LogP) is 2.74. The zero-order chi connectivity index (χ0) is 27.1. The number of halogens is 1. The number of aliphatic hydroxyl groups is 1. The number of nitrogens with zero attached hydrogens (tertiary/aromatic N) is 2. The van der Waals surface area contributed by atoms with Crippen molar-refractivity contribution in [1.82, 2.24) is 15.2 Å². The van der Waals surface area contributed by atoms with E-state index < -0.39 is 26.9 Å². The summed E-state index contributed by atoms with van der Waals surface area (Å²) in [6.45, 7) is 4.89. The SMILES string of the molecule is COc1ccc(CC(C)(C)NC[C@@H](O)COc2ccc(S(=O)(=O)NN3CCSC(C#N)C3Cl)cc2)cc1. The van der Waals surface area contributed by atoms with E-state index >= 15 is 0 Å². The van der Waals surface area contributed by atoms with E-state index in [-0.39, 0.29) is 17.0 Å². The summed E-state index contributed by atoms with van der Waals surface area (Å²) in [6, 6.07) is 15.9. The zero-order valence-corrected chi connectivity index (χ0v) is 23.4. The van der Waals surface area contributed by atoms with Crippen LogP contribution in [0.3, 0.4) is 0 Å². The first-order valence-corrected chi connectivity index (χ1v) is 14.7. The minimum Gasteiger partial charge on any atom is -0.497 e. The second-order valence-corrected chi connectivity index (χ2v) is 12.7. The highest BCUT2D eigenvalue weighted by atomic mass is 35.5. The number of alkyl halides is 1. The molecule has 2 unspecified atom stereocenters. The Hall–Kier alpha value is -2.04. The maximum absolute atomic E-state index is 12.8. The van der Waals surface area contributed by atoms with Gasteiger partial charge in [0.25, 0.3) is 10.0 Å². The maximum atomic E-state index is 12.8. The van der Waals surface area contributed by atoms with Gasteiger partial charge in [-0.05, 0) is 62.2 Å². The molecule has 3 atom stereocenters. The number of benzene rings is 2. The van der Waals surface area contributed by atoms with Crippen LogP contribution in [0, 0.1) is 11.3 Å². The van der Waals surface area contributed by atoms with Gasteiger partial charge in [-0.2, -0.15) is 5.26 Å². The quantitative estimate of drug-likeness (QED) is 0.262. The lowest BCUT2D eigenvalue weighted by Gasteiger charge is -2.33. The van der Waals surface area contributed by atoms with Crippen LogP contribution in [0.1, 0.15) is 19.4 Å². The normalized spacial score (nSPS) is 19.7. The third-order valence-corrected chi connectivity index (χ3v) is 8.88. The number of hydrogen-bond acceptors (Lipinski definition) is 9. The molecule has 0 aliphatic carbocycles. The number of nitriles is 1. The average Bonchev–Trinajstić information content (AvgIpc) is 2.88. The van der Waals surface area contributed by atoms with Crippen molar-refractivity contribution >= 4 is 33.4 Å². The van der Waals surface area contributed by atoms with Gasteiger partial charge in [-0.3, -0.25) is 0 Å². The van der Waals surface area contributed by atoms with Gasteiger partial charge in [-0.15, -0.1) is 28.2 Å². The highest BCUT2D eigenvalue weighted by molar-refractivity contribution is 8.00. The van der Waals surface area contributed by atoms with E-state index in [0.717, 1.165) is 17.7 Å². The fourth-order valence-electron chi connectivity index (χ4n) is 3.72. The summed E-state index contributed by atoms with van der Waals surface area (Å²) in [7, 11) is -2.24. The average molecular weight is 569 g/mol. The number of rotatable bonds is 12. The molecule has 1 saturated heterocycles. The molecule has 0 saturated carbocycles. The third-order valence-electron chi connectivity index (χ3n) is 5.74. The lowest BCUT2D eigenvalue weighted by Crippen LogP contribution is -2.53. The lowest BCUT2D eigenvalue weighted by molar-refractivity contribution is 0.0988. The van der Waals surface area contributed by atoms with Gasteiger partial charge in [0.2, 0.25) is 0 Å². The monoisotopic (exact) mass is 568 g/mol. The Morgan fingerprint density at radius 3 is 2.49 bits per heavy atom.